The SMILES string of the molecule is C#Cc1ccc(NC(=O)N(c2c(F)ccc(OCC)c2Cl)C2CC2)nc1. The molecular weight excluding hydrogens is 357 g/mol. The molecule has 0 radical (unpaired) electrons. The molecule has 7 heteroatoms. The van der Waals surface area contributed by atoms with Crippen molar-refractivity contribution in [2.24, 2.45) is 0 Å². The van der Waals surface area contributed by atoms with Gasteiger partial charge in [0, 0.05) is 17.8 Å². The van der Waals surface area contributed by atoms with Crippen molar-refractivity contribution in [1.29, 1.82) is 0 Å². The summed E-state index contributed by atoms with van der Waals surface area (Å²) in [4.78, 5) is 18.2. The third-order valence-electron chi connectivity index (χ3n) is 3.87. The molecule has 0 spiro atoms. The summed E-state index contributed by atoms with van der Waals surface area (Å²) in [5.41, 5.74) is 0.610. The largest absolute Gasteiger partial charge is 0.492 e. The highest BCUT2D eigenvalue weighted by Crippen LogP contribution is 2.42. The average molecular weight is 374 g/mol. The van der Waals surface area contributed by atoms with Crippen LogP contribution in [0.4, 0.5) is 20.7 Å². The van der Waals surface area contributed by atoms with Crippen LogP contribution in [0.2, 0.25) is 5.02 Å². The zero-order chi connectivity index (χ0) is 18.7. The number of nitrogens with one attached hydrogen (secondary N) is 1. The number of hydrogen-bond acceptors (Lipinski definition) is 3. The highest BCUT2D eigenvalue weighted by atomic mass is 35.5. The quantitative estimate of drug-likeness (QED) is 0.787. The second kappa shape index (κ2) is 7.63. The van der Waals surface area contributed by atoms with Gasteiger partial charge < -0.3 is 4.74 Å². The lowest BCUT2D eigenvalue weighted by Gasteiger charge is -2.25. The smallest absolute Gasteiger partial charge is 0.327 e. The molecule has 1 N–H and O–H groups in total. The Labute approximate surface area is 156 Å². The van der Waals surface area contributed by atoms with Gasteiger partial charge in [-0.3, -0.25) is 10.2 Å². The van der Waals surface area contributed by atoms with Gasteiger partial charge in [0.2, 0.25) is 0 Å². The topological polar surface area (TPSA) is 54.5 Å². The fourth-order valence-corrected chi connectivity index (χ4v) is 2.81. The summed E-state index contributed by atoms with van der Waals surface area (Å²) in [6.45, 7) is 2.18. The van der Waals surface area contributed by atoms with Gasteiger partial charge in [-0.05, 0) is 44.0 Å². The molecule has 1 fully saturated rings. The molecule has 0 atom stereocenters. The summed E-state index contributed by atoms with van der Waals surface area (Å²) < 4.78 is 19.9. The summed E-state index contributed by atoms with van der Waals surface area (Å²) >= 11 is 6.32. The number of hydrogen-bond donors (Lipinski definition) is 1. The molecule has 0 unspecified atom stereocenters. The molecule has 0 aliphatic heterocycles. The molecule has 0 saturated heterocycles. The Balaban J connectivity index is 1.91. The number of carbonyl (C=O) groups is 1. The van der Waals surface area contributed by atoms with Crippen molar-refractivity contribution in [2.45, 2.75) is 25.8 Å². The molecule has 1 heterocycles. The van der Waals surface area contributed by atoms with Crippen LogP contribution in [0.1, 0.15) is 25.3 Å². The number of amides is 2. The Morgan fingerprint density at radius 3 is 2.81 bits per heavy atom. The Kier molecular flexibility index (Phi) is 5.29. The highest BCUT2D eigenvalue weighted by Gasteiger charge is 2.37. The third kappa shape index (κ3) is 3.73. The molecule has 0 bridgehead atoms. The van der Waals surface area contributed by atoms with E-state index in [0.29, 0.717) is 23.7 Å². The van der Waals surface area contributed by atoms with Crippen LogP contribution >= 0.6 is 11.6 Å². The molecule has 1 aliphatic rings. The van der Waals surface area contributed by atoms with Crippen LogP contribution in [0.5, 0.6) is 5.75 Å². The number of anilines is 2. The predicted octanol–water partition coefficient (Wildman–Crippen LogP) is 4.46. The highest BCUT2D eigenvalue weighted by molar-refractivity contribution is 6.35. The molecule has 2 aromatic rings. The van der Waals surface area contributed by atoms with E-state index in [1.807, 2.05) is 0 Å². The predicted molar refractivity (Wildman–Crippen MR) is 99.3 cm³/mol. The van der Waals surface area contributed by atoms with E-state index >= 15 is 0 Å². The van der Waals surface area contributed by atoms with Gasteiger partial charge in [0.25, 0.3) is 0 Å². The zero-order valence-corrected chi connectivity index (χ0v) is 14.9. The van der Waals surface area contributed by atoms with E-state index < -0.39 is 11.8 Å². The van der Waals surface area contributed by atoms with Crippen molar-refractivity contribution < 1.29 is 13.9 Å². The number of carbonyl (C=O) groups excluding carboxylic acids is 1. The Morgan fingerprint density at radius 1 is 1.46 bits per heavy atom. The molecule has 1 aromatic carbocycles. The first-order valence-corrected chi connectivity index (χ1v) is 8.56. The molecule has 5 nitrogen and oxygen atoms in total. The number of terminal acetylenes is 1. The van der Waals surface area contributed by atoms with E-state index in [2.05, 4.69) is 16.2 Å². The van der Waals surface area contributed by atoms with Crippen molar-refractivity contribution in [3.05, 3.63) is 46.9 Å². The van der Waals surface area contributed by atoms with Crippen molar-refractivity contribution in [1.82, 2.24) is 4.98 Å². The lowest BCUT2D eigenvalue weighted by molar-refractivity contribution is 0.256. The number of urea groups is 1. The fourth-order valence-electron chi connectivity index (χ4n) is 2.52. The molecular formula is C19H17ClFN3O2. The lowest BCUT2D eigenvalue weighted by Crippen LogP contribution is -2.38. The number of aromatic nitrogens is 1. The van der Waals surface area contributed by atoms with Crippen molar-refractivity contribution in [2.75, 3.05) is 16.8 Å². The van der Waals surface area contributed by atoms with Crippen LogP contribution in [-0.4, -0.2) is 23.7 Å². The van der Waals surface area contributed by atoms with Crippen LogP contribution in [0.25, 0.3) is 0 Å². The summed E-state index contributed by atoms with van der Waals surface area (Å²) in [5, 5.41) is 2.73. The van der Waals surface area contributed by atoms with Gasteiger partial charge in [-0.25, -0.2) is 14.2 Å². The monoisotopic (exact) mass is 373 g/mol. The minimum absolute atomic E-state index is 0.0119. The molecule has 1 aliphatic carbocycles. The van der Waals surface area contributed by atoms with E-state index in [1.165, 1.54) is 23.2 Å². The first-order valence-electron chi connectivity index (χ1n) is 8.18. The molecule has 26 heavy (non-hydrogen) atoms. The van der Waals surface area contributed by atoms with Crippen LogP contribution in [0.15, 0.2) is 30.5 Å². The molecule has 1 aromatic heterocycles. The van der Waals surface area contributed by atoms with Gasteiger partial charge in [0.15, 0.2) is 0 Å². The van der Waals surface area contributed by atoms with E-state index in [-0.39, 0.29) is 16.8 Å². The second-order valence-corrected chi connectivity index (χ2v) is 6.13. The Hall–Kier alpha value is -2.78. The molecule has 3 rings (SSSR count). The minimum Gasteiger partial charge on any atom is -0.492 e. The maximum absolute atomic E-state index is 14.5. The molecule has 134 valence electrons. The van der Waals surface area contributed by atoms with Crippen LogP contribution in [-0.2, 0) is 0 Å². The van der Waals surface area contributed by atoms with Crippen LogP contribution in [0, 0.1) is 18.2 Å². The normalized spacial score (nSPS) is 13.0. The maximum atomic E-state index is 14.5. The zero-order valence-electron chi connectivity index (χ0n) is 14.1. The first kappa shape index (κ1) is 18.0. The summed E-state index contributed by atoms with van der Waals surface area (Å²) in [6, 6.07) is 5.31. The maximum Gasteiger partial charge on any atom is 0.327 e. The van der Waals surface area contributed by atoms with Gasteiger partial charge in [-0.1, -0.05) is 17.5 Å². The van der Waals surface area contributed by atoms with Crippen molar-refractivity contribution >= 4 is 29.1 Å². The van der Waals surface area contributed by atoms with Gasteiger partial charge in [-0.15, -0.1) is 6.42 Å². The van der Waals surface area contributed by atoms with E-state index in [0.717, 1.165) is 12.8 Å². The Bertz CT molecular complexity index is 860. The van der Waals surface area contributed by atoms with Crippen molar-refractivity contribution in [3.8, 4) is 18.1 Å². The number of halogens is 2. The number of nitrogens with zero attached hydrogens (tertiary/aromatic N) is 2. The third-order valence-corrected chi connectivity index (χ3v) is 4.23. The van der Waals surface area contributed by atoms with E-state index in [1.54, 1.807) is 19.1 Å². The summed E-state index contributed by atoms with van der Waals surface area (Å²) in [5.74, 6) is 2.51. The molecule has 2 amide bonds. The number of rotatable bonds is 5. The van der Waals surface area contributed by atoms with Gasteiger partial charge in [-0.2, -0.15) is 0 Å². The minimum atomic E-state index is -0.587. The summed E-state index contributed by atoms with van der Waals surface area (Å²) in [6.07, 6.45) is 8.30. The van der Waals surface area contributed by atoms with E-state index in [4.69, 9.17) is 22.8 Å². The number of ether oxygens (including phenoxy) is 1. The van der Waals surface area contributed by atoms with Crippen LogP contribution in [0.3, 0.4) is 0 Å². The summed E-state index contributed by atoms with van der Waals surface area (Å²) in [7, 11) is 0. The van der Waals surface area contributed by atoms with Crippen LogP contribution < -0.4 is 15.0 Å². The number of pyridine rings is 1. The second-order valence-electron chi connectivity index (χ2n) is 5.75. The van der Waals surface area contributed by atoms with Gasteiger partial charge in [0.05, 0.1) is 6.61 Å². The standard InChI is InChI=1S/C19H17ClFN3O2/c1-3-12-5-10-16(22-11-12)23-19(25)24(13-6-7-13)18-14(21)8-9-15(17(18)20)26-4-2/h1,5,8-11,13H,4,6-7H2,2H3,(H,22,23,25). The average Bonchev–Trinajstić information content (AvgIpc) is 3.46. The Morgan fingerprint density at radius 2 is 2.23 bits per heavy atom. The molecule has 1 saturated carbocycles. The van der Waals surface area contributed by atoms with Gasteiger partial charge in [0.1, 0.15) is 28.1 Å². The lowest BCUT2D eigenvalue weighted by atomic mass is 10.2. The van der Waals surface area contributed by atoms with Gasteiger partial charge >= 0.3 is 6.03 Å². The fraction of sp³-hybridized carbons (Fsp3) is 0.263. The van der Waals surface area contributed by atoms with E-state index in [9.17, 15) is 9.18 Å². The number of benzene rings is 1. The van der Waals surface area contributed by atoms with Crippen molar-refractivity contribution in [3.63, 3.8) is 0 Å². The first-order chi connectivity index (χ1) is 12.5.